The number of hydrogen-bond donors (Lipinski definition) is 1. The SMILES string of the molecule is CNC(=O)C(C)N(Cc1ccc(Cl)cc1Cl)C(=O)CCc1ccc2c(c1)OCO2. The molecule has 154 valence electrons. The fraction of sp³-hybridized carbons (Fsp3) is 0.333. The van der Waals surface area contributed by atoms with Crippen LogP contribution in [0.5, 0.6) is 11.5 Å². The van der Waals surface area contributed by atoms with Crippen molar-refractivity contribution in [3.63, 3.8) is 0 Å². The van der Waals surface area contributed by atoms with E-state index in [0.717, 1.165) is 11.1 Å². The van der Waals surface area contributed by atoms with E-state index in [9.17, 15) is 9.59 Å². The molecule has 0 saturated carbocycles. The van der Waals surface area contributed by atoms with Crippen molar-refractivity contribution in [1.82, 2.24) is 10.2 Å². The second-order valence-electron chi connectivity index (χ2n) is 6.74. The second kappa shape index (κ2) is 9.37. The first-order valence-electron chi connectivity index (χ1n) is 9.22. The summed E-state index contributed by atoms with van der Waals surface area (Å²) in [5, 5.41) is 3.56. The summed E-state index contributed by atoms with van der Waals surface area (Å²) in [6.45, 7) is 2.11. The van der Waals surface area contributed by atoms with Crippen LogP contribution in [0, 0.1) is 0 Å². The lowest BCUT2D eigenvalue weighted by Crippen LogP contribution is -2.46. The molecule has 8 heteroatoms. The van der Waals surface area contributed by atoms with Crippen molar-refractivity contribution in [2.75, 3.05) is 13.8 Å². The lowest BCUT2D eigenvalue weighted by atomic mass is 10.1. The molecule has 0 fully saturated rings. The lowest BCUT2D eigenvalue weighted by molar-refractivity contribution is -0.140. The van der Waals surface area contributed by atoms with Gasteiger partial charge in [-0.1, -0.05) is 35.3 Å². The zero-order valence-corrected chi connectivity index (χ0v) is 17.7. The molecule has 1 unspecified atom stereocenters. The van der Waals surface area contributed by atoms with E-state index in [1.54, 1.807) is 32.2 Å². The van der Waals surface area contributed by atoms with Crippen LogP contribution in [0.15, 0.2) is 36.4 Å². The third-order valence-corrected chi connectivity index (χ3v) is 5.42. The Labute approximate surface area is 179 Å². The molecule has 1 aliphatic heterocycles. The van der Waals surface area contributed by atoms with Crippen molar-refractivity contribution in [3.8, 4) is 11.5 Å². The summed E-state index contributed by atoms with van der Waals surface area (Å²) in [6.07, 6.45) is 0.757. The zero-order chi connectivity index (χ0) is 21.0. The summed E-state index contributed by atoms with van der Waals surface area (Å²) in [7, 11) is 1.55. The molecular formula is C21H22Cl2N2O4. The Morgan fingerprint density at radius 3 is 2.62 bits per heavy atom. The fourth-order valence-electron chi connectivity index (χ4n) is 3.12. The molecule has 1 atom stereocenters. The average molecular weight is 437 g/mol. The van der Waals surface area contributed by atoms with E-state index in [-0.39, 0.29) is 31.6 Å². The summed E-state index contributed by atoms with van der Waals surface area (Å²) in [5.41, 5.74) is 1.68. The summed E-state index contributed by atoms with van der Waals surface area (Å²) in [6, 6.07) is 10.1. The van der Waals surface area contributed by atoms with Gasteiger partial charge in [0.05, 0.1) is 0 Å². The maximum absolute atomic E-state index is 13.0. The molecule has 1 heterocycles. The van der Waals surface area contributed by atoms with Crippen molar-refractivity contribution >= 4 is 35.0 Å². The van der Waals surface area contributed by atoms with Crippen molar-refractivity contribution in [2.45, 2.75) is 32.4 Å². The predicted molar refractivity (Wildman–Crippen MR) is 111 cm³/mol. The Bertz CT molecular complexity index is 920. The van der Waals surface area contributed by atoms with E-state index >= 15 is 0 Å². The van der Waals surface area contributed by atoms with Crippen LogP contribution in [-0.4, -0.2) is 36.6 Å². The summed E-state index contributed by atoms with van der Waals surface area (Å²) in [4.78, 5) is 26.7. The highest BCUT2D eigenvalue weighted by Crippen LogP contribution is 2.33. The van der Waals surface area contributed by atoms with Gasteiger partial charge in [0.2, 0.25) is 18.6 Å². The molecule has 0 spiro atoms. The van der Waals surface area contributed by atoms with Crippen LogP contribution in [0.4, 0.5) is 0 Å². The van der Waals surface area contributed by atoms with Crippen LogP contribution in [0.25, 0.3) is 0 Å². The van der Waals surface area contributed by atoms with Gasteiger partial charge in [-0.25, -0.2) is 0 Å². The first-order chi connectivity index (χ1) is 13.9. The highest BCUT2D eigenvalue weighted by Gasteiger charge is 2.26. The van der Waals surface area contributed by atoms with Gasteiger partial charge >= 0.3 is 0 Å². The second-order valence-corrected chi connectivity index (χ2v) is 7.58. The van der Waals surface area contributed by atoms with Gasteiger partial charge in [-0.05, 0) is 48.7 Å². The standard InChI is InChI=1S/C21H22Cl2N2O4/c1-13(21(27)24-2)25(11-15-5-6-16(22)10-17(15)23)20(26)8-4-14-3-7-18-19(9-14)29-12-28-18/h3,5-7,9-10,13H,4,8,11-12H2,1-2H3,(H,24,27). The number of nitrogens with zero attached hydrogens (tertiary/aromatic N) is 1. The summed E-state index contributed by atoms with van der Waals surface area (Å²) in [5.74, 6) is 0.988. The monoisotopic (exact) mass is 436 g/mol. The highest BCUT2D eigenvalue weighted by molar-refractivity contribution is 6.35. The van der Waals surface area contributed by atoms with Crippen LogP contribution in [-0.2, 0) is 22.6 Å². The highest BCUT2D eigenvalue weighted by atomic mass is 35.5. The molecule has 1 aliphatic rings. The van der Waals surface area contributed by atoms with E-state index < -0.39 is 6.04 Å². The fourth-order valence-corrected chi connectivity index (χ4v) is 3.58. The maximum Gasteiger partial charge on any atom is 0.242 e. The van der Waals surface area contributed by atoms with Crippen LogP contribution in [0.3, 0.4) is 0 Å². The lowest BCUT2D eigenvalue weighted by Gasteiger charge is -2.29. The number of carbonyl (C=O) groups excluding carboxylic acids is 2. The minimum atomic E-state index is -0.643. The Balaban J connectivity index is 1.73. The molecule has 0 aromatic heterocycles. The molecule has 0 aliphatic carbocycles. The van der Waals surface area contributed by atoms with E-state index in [0.29, 0.717) is 28.0 Å². The van der Waals surface area contributed by atoms with E-state index in [1.807, 2.05) is 18.2 Å². The van der Waals surface area contributed by atoms with Gasteiger partial charge in [-0.3, -0.25) is 9.59 Å². The van der Waals surface area contributed by atoms with E-state index in [2.05, 4.69) is 5.32 Å². The van der Waals surface area contributed by atoms with E-state index in [1.165, 1.54) is 4.90 Å². The molecule has 2 amide bonds. The Kier molecular flexibility index (Phi) is 6.87. The van der Waals surface area contributed by atoms with Crippen LogP contribution in [0.1, 0.15) is 24.5 Å². The van der Waals surface area contributed by atoms with Gasteiger partial charge in [0.15, 0.2) is 11.5 Å². The topological polar surface area (TPSA) is 67.9 Å². The van der Waals surface area contributed by atoms with Crippen molar-refractivity contribution in [1.29, 1.82) is 0 Å². The Morgan fingerprint density at radius 2 is 1.90 bits per heavy atom. The summed E-state index contributed by atoms with van der Waals surface area (Å²) < 4.78 is 10.7. The average Bonchev–Trinajstić information content (AvgIpc) is 3.18. The molecule has 2 aromatic carbocycles. The molecule has 2 aromatic rings. The quantitative estimate of drug-likeness (QED) is 0.716. The smallest absolute Gasteiger partial charge is 0.242 e. The Morgan fingerprint density at radius 1 is 1.14 bits per heavy atom. The van der Waals surface area contributed by atoms with Crippen molar-refractivity contribution in [3.05, 3.63) is 57.6 Å². The number of carbonyl (C=O) groups is 2. The normalized spacial score (nSPS) is 13.1. The first kappa shape index (κ1) is 21.3. The number of likely N-dealkylation sites (N-methyl/N-ethyl adjacent to an activating group) is 1. The number of aryl methyl sites for hydroxylation is 1. The van der Waals surface area contributed by atoms with Crippen LogP contribution >= 0.6 is 23.2 Å². The summed E-state index contributed by atoms with van der Waals surface area (Å²) >= 11 is 12.2. The molecule has 29 heavy (non-hydrogen) atoms. The van der Waals surface area contributed by atoms with E-state index in [4.69, 9.17) is 32.7 Å². The van der Waals surface area contributed by atoms with Gasteiger partial charge in [0.1, 0.15) is 6.04 Å². The molecule has 0 radical (unpaired) electrons. The molecular weight excluding hydrogens is 415 g/mol. The number of benzene rings is 2. The Hall–Kier alpha value is -2.44. The van der Waals surface area contributed by atoms with Gasteiger partial charge in [0, 0.05) is 30.1 Å². The van der Waals surface area contributed by atoms with Gasteiger partial charge in [-0.15, -0.1) is 0 Å². The van der Waals surface area contributed by atoms with Crippen LogP contribution < -0.4 is 14.8 Å². The largest absolute Gasteiger partial charge is 0.454 e. The molecule has 0 bridgehead atoms. The van der Waals surface area contributed by atoms with Crippen LogP contribution in [0.2, 0.25) is 10.0 Å². The molecule has 6 nitrogen and oxygen atoms in total. The van der Waals surface area contributed by atoms with Gasteiger partial charge in [-0.2, -0.15) is 0 Å². The predicted octanol–water partition coefficient (Wildman–Crippen LogP) is 3.82. The minimum Gasteiger partial charge on any atom is -0.454 e. The number of rotatable bonds is 7. The number of ether oxygens (including phenoxy) is 2. The zero-order valence-electron chi connectivity index (χ0n) is 16.2. The molecule has 0 saturated heterocycles. The van der Waals surface area contributed by atoms with Gasteiger partial charge in [0.25, 0.3) is 0 Å². The maximum atomic E-state index is 13.0. The van der Waals surface area contributed by atoms with Gasteiger partial charge < -0.3 is 19.7 Å². The number of nitrogens with one attached hydrogen (secondary N) is 1. The third-order valence-electron chi connectivity index (χ3n) is 4.83. The minimum absolute atomic E-state index is 0.148. The number of amides is 2. The number of hydrogen-bond acceptors (Lipinski definition) is 4. The third kappa shape index (κ3) is 5.14. The number of fused-ring (bicyclic) bond motifs is 1. The first-order valence-corrected chi connectivity index (χ1v) is 9.98. The van der Waals surface area contributed by atoms with Crippen molar-refractivity contribution in [2.24, 2.45) is 0 Å². The molecule has 1 N–H and O–H groups in total. The molecule has 3 rings (SSSR count). The van der Waals surface area contributed by atoms with Crippen molar-refractivity contribution < 1.29 is 19.1 Å². The number of halogens is 2.